The number of aromatic nitrogens is 2. The molecule has 2 aromatic rings. The molecule has 1 N–H and O–H groups in total. The van der Waals surface area contributed by atoms with Crippen LogP contribution >= 0.6 is 35.8 Å². The molecule has 1 aromatic carbocycles. The Hall–Kier alpha value is -1.54. The molecule has 0 aliphatic carbocycles. The summed E-state index contributed by atoms with van der Waals surface area (Å²) in [6.07, 6.45) is 0.997. The second-order valence-electron chi connectivity index (χ2n) is 6.25. The molecule has 1 heterocycles. The number of rotatable bonds is 9. The van der Waals surface area contributed by atoms with Gasteiger partial charge in [0.25, 0.3) is 11.5 Å². The van der Waals surface area contributed by atoms with Gasteiger partial charge in [0.05, 0.1) is 16.1 Å². The van der Waals surface area contributed by atoms with Crippen LogP contribution in [-0.2, 0) is 6.42 Å². The van der Waals surface area contributed by atoms with Crippen molar-refractivity contribution >= 4 is 41.7 Å². The Morgan fingerprint density at radius 2 is 1.90 bits per heavy atom. The predicted octanol–water partition coefficient (Wildman–Crippen LogP) is 4.10. The maximum absolute atomic E-state index is 13.1. The van der Waals surface area contributed by atoms with Gasteiger partial charge in [-0.05, 0) is 31.6 Å². The van der Waals surface area contributed by atoms with E-state index in [4.69, 9.17) is 11.6 Å². The van der Waals surface area contributed by atoms with Gasteiger partial charge in [0.2, 0.25) is 5.88 Å². The van der Waals surface area contributed by atoms with Gasteiger partial charge in [-0.15, -0.1) is 12.4 Å². The summed E-state index contributed by atoms with van der Waals surface area (Å²) in [5.41, 5.74) is -0.160. The SMILES string of the molecule is CCCc1c(O)nc(SCCN(CC)CC)n(C(=O)c2ccccc2Cl)c1=O.Cl. The third-order valence-electron chi connectivity index (χ3n) is 4.46. The molecule has 29 heavy (non-hydrogen) atoms. The molecule has 0 spiro atoms. The van der Waals surface area contributed by atoms with Crippen LogP contribution in [0, 0.1) is 0 Å². The average Bonchev–Trinajstić information content (AvgIpc) is 2.68. The first kappa shape index (κ1) is 25.5. The maximum Gasteiger partial charge on any atom is 0.268 e. The summed E-state index contributed by atoms with van der Waals surface area (Å²) in [4.78, 5) is 32.5. The van der Waals surface area contributed by atoms with E-state index in [0.29, 0.717) is 18.6 Å². The highest BCUT2D eigenvalue weighted by atomic mass is 35.5. The lowest BCUT2D eigenvalue weighted by Crippen LogP contribution is -2.33. The van der Waals surface area contributed by atoms with Crippen molar-refractivity contribution in [2.24, 2.45) is 0 Å². The Kier molecular flexibility index (Phi) is 10.7. The van der Waals surface area contributed by atoms with Crippen molar-refractivity contribution in [3.05, 3.63) is 50.8 Å². The Bertz CT molecular complexity index is 886. The third-order valence-corrected chi connectivity index (χ3v) is 5.71. The van der Waals surface area contributed by atoms with E-state index in [1.54, 1.807) is 24.3 Å². The van der Waals surface area contributed by atoms with E-state index in [0.717, 1.165) is 24.2 Å². The minimum absolute atomic E-state index is 0. The number of carbonyl (C=O) groups is 1. The lowest BCUT2D eigenvalue weighted by atomic mass is 10.1. The fraction of sp³-hybridized carbons (Fsp3) is 0.450. The molecule has 0 saturated heterocycles. The summed E-state index contributed by atoms with van der Waals surface area (Å²) in [6, 6.07) is 6.60. The molecule has 6 nitrogen and oxygen atoms in total. The Balaban J connectivity index is 0.00000420. The van der Waals surface area contributed by atoms with Gasteiger partial charge < -0.3 is 10.0 Å². The fourth-order valence-corrected chi connectivity index (χ4v) is 4.03. The molecule has 0 aliphatic rings. The van der Waals surface area contributed by atoms with Gasteiger partial charge in [-0.2, -0.15) is 4.98 Å². The van der Waals surface area contributed by atoms with Crippen LogP contribution in [0.5, 0.6) is 5.88 Å². The molecule has 2 rings (SSSR count). The van der Waals surface area contributed by atoms with Crippen LogP contribution < -0.4 is 5.56 Å². The molecule has 0 bridgehead atoms. The zero-order valence-corrected chi connectivity index (χ0v) is 19.2. The summed E-state index contributed by atoms with van der Waals surface area (Å²) in [5, 5.41) is 10.7. The van der Waals surface area contributed by atoms with Crippen LogP contribution in [0.1, 0.15) is 43.1 Å². The first-order chi connectivity index (χ1) is 13.4. The normalized spacial score (nSPS) is 10.8. The number of thioether (sulfide) groups is 1. The number of carbonyl (C=O) groups excluding carboxylic acids is 1. The number of nitrogens with zero attached hydrogens (tertiary/aromatic N) is 3. The zero-order valence-electron chi connectivity index (χ0n) is 16.9. The van der Waals surface area contributed by atoms with Crippen molar-refractivity contribution < 1.29 is 9.90 Å². The topological polar surface area (TPSA) is 75.4 Å². The minimum atomic E-state index is -0.537. The Morgan fingerprint density at radius 3 is 2.48 bits per heavy atom. The summed E-state index contributed by atoms with van der Waals surface area (Å²) in [5.74, 6) is -0.206. The van der Waals surface area contributed by atoms with Crippen molar-refractivity contribution in [1.29, 1.82) is 0 Å². The van der Waals surface area contributed by atoms with E-state index < -0.39 is 11.5 Å². The second-order valence-corrected chi connectivity index (χ2v) is 7.72. The lowest BCUT2D eigenvalue weighted by Gasteiger charge is -2.18. The molecular formula is C20H27Cl2N3O3S. The molecular weight excluding hydrogens is 433 g/mol. The average molecular weight is 460 g/mol. The standard InChI is InChI=1S/C20H26ClN3O3S.ClH/c1-4-9-15-17(25)22-20(28-13-12-23(5-2)6-3)24(19(15)27)18(26)14-10-7-8-11-16(14)21;/h7-8,10-11,25H,4-6,9,12-13H2,1-3H3;1H. The molecule has 0 fully saturated rings. The molecule has 0 amide bonds. The van der Waals surface area contributed by atoms with Gasteiger partial charge >= 0.3 is 0 Å². The van der Waals surface area contributed by atoms with E-state index in [1.165, 1.54) is 11.8 Å². The van der Waals surface area contributed by atoms with E-state index >= 15 is 0 Å². The summed E-state index contributed by atoms with van der Waals surface area (Å²) >= 11 is 7.45. The van der Waals surface area contributed by atoms with E-state index in [1.807, 2.05) is 6.92 Å². The van der Waals surface area contributed by atoms with Crippen molar-refractivity contribution in [1.82, 2.24) is 14.5 Å². The van der Waals surface area contributed by atoms with Gasteiger partial charge in [-0.1, -0.05) is 62.7 Å². The van der Waals surface area contributed by atoms with Gasteiger partial charge in [0.1, 0.15) is 0 Å². The predicted molar refractivity (Wildman–Crippen MR) is 121 cm³/mol. The molecule has 9 heteroatoms. The molecule has 0 unspecified atom stereocenters. The molecule has 0 radical (unpaired) electrons. The Morgan fingerprint density at radius 1 is 1.24 bits per heavy atom. The number of hydrogen-bond donors (Lipinski definition) is 1. The fourth-order valence-electron chi connectivity index (χ4n) is 2.83. The molecule has 0 atom stereocenters. The van der Waals surface area contributed by atoms with Crippen molar-refractivity contribution in [2.45, 2.75) is 38.8 Å². The Labute approximate surface area is 186 Å². The van der Waals surface area contributed by atoms with Crippen LogP contribution in [0.15, 0.2) is 34.2 Å². The molecule has 0 aliphatic heterocycles. The largest absolute Gasteiger partial charge is 0.493 e. The smallest absolute Gasteiger partial charge is 0.268 e. The second kappa shape index (κ2) is 12.2. The van der Waals surface area contributed by atoms with Gasteiger partial charge in [-0.25, -0.2) is 4.57 Å². The van der Waals surface area contributed by atoms with Crippen LogP contribution in [0.25, 0.3) is 0 Å². The molecule has 1 aromatic heterocycles. The van der Waals surface area contributed by atoms with Crippen molar-refractivity contribution in [2.75, 3.05) is 25.4 Å². The lowest BCUT2D eigenvalue weighted by molar-refractivity contribution is 0.0942. The number of hydrogen-bond acceptors (Lipinski definition) is 6. The van der Waals surface area contributed by atoms with Gasteiger partial charge in [-0.3, -0.25) is 9.59 Å². The summed E-state index contributed by atoms with van der Waals surface area (Å²) in [7, 11) is 0. The zero-order chi connectivity index (χ0) is 20.7. The van der Waals surface area contributed by atoms with Crippen molar-refractivity contribution in [3.63, 3.8) is 0 Å². The highest BCUT2D eigenvalue weighted by Crippen LogP contribution is 2.23. The highest BCUT2D eigenvalue weighted by Gasteiger charge is 2.23. The first-order valence-corrected chi connectivity index (χ1v) is 10.8. The van der Waals surface area contributed by atoms with E-state index in [2.05, 4.69) is 23.7 Å². The highest BCUT2D eigenvalue weighted by molar-refractivity contribution is 7.99. The van der Waals surface area contributed by atoms with Crippen LogP contribution in [-0.4, -0.2) is 50.9 Å². The monoisotopic (exact) mass is 459 g/mol. The van der Waals surface area contributed by atoms with Crippen LogP contribution in [0.3, 0.4) is 0 Å². The van der Waals surface area contributed by atoms with Gasteiger partial charge in [0.15, 0.2) is 5.16 Å². The third kappa shape index (κ3) is 6.22. The molecule has 160 valence electrons. The number of aromatic hydroxyl groups is 1. The van der Waals surface area contributed by atoms with Crippen LogP contribution in [0.2, 0.25) is 5.02 Å². The van der Waals surface area contributed by atoms with E-state index in [-0.39, 0.29) is 39.6 Å². The van der Waals surface area contributed by atoms with Crippen molar-refractivity contribution in [3.8, 4) is 5.88 Å². The summed E-state index contributed by atoms with van der Waals surface area (Å²) in [6.45, 7) is 8.66. The summed E-state index contributed by atoms with van der Waals surface area (Å²) < 4.78 is 1.04. The first-order valence-electron chi connectivity index (χ1n) is 9.43. The number of benzene rings is 1. The number of halogens is 2. The molecule has 0 saturated carbocycles. The maximum atomic E-state index is 13.1. The minimum Gasteiger partial charge on any atom is -0.493 e. The van der Waals surface area contributed by atoms with Crippen LogP contribution in [0.4, 0.5) is 0 Å². The quantitative estimate of drug-likeness (QED) is 0.449. The van der Waals surface area contributed by atoms with Gasteiger partial charge in [0, 0.05) is 12.3 Å². The van der Waals surface area contributed by atoms with E-state index in [9.17, 15) is 14.7 Å².